The lowest BCUT2D eigenvalue weighted by atomic mass is 10.1. The second kappa shape index (κ2) is 4.76. The Kier molecular flexibility index (Phi) is 3.32. The van der Waals surface area contributed by atoms with Gasteiger partial charge in [0.1, 0.15) is 17.3 Å². The first-order valence-corrected chi connectivity index (χ1v) is 5.74. The molecule has 18 heavy (non-hydrogen) atoms. The fourth-order valence-corrected chi connectivity index (χ4v) is 1.91. The minimum Gasteiger partial charge on any atom is -0.383 e. The number of aromatic nitrogens is 2. The molecular weight excluding hydrogens is 236 g/mol. The van der Waals surface area contributed by atoms with Gasteiger partial charge in [-0.15, -0.1) is 0 Å². The third kappa shape index (κ3) is 2.08. The Morgan fingerprint density at radius 3 is 2.67 bits per heavy atom. The predicted molar refractivity (Wildman–Crippen MR) is 67.4 cm³/mol. The van der Waals surface area contributed by atoms with E-state index in [-0.39, 0.29) is 5.56 Å². The van der Waals surface area contributed by atoms with Crippen molar-refractivity contribution in [3.8, 4) is 11.3 Å². The van der Waals surface area contributed by atoms with Gasteiger partial charge in [0.15, 0.2) is 0 Å². The number of imidazole rings is 1. The number of halogens is 2. The monoisotopic (exact) mass is 251 g/mol. The van der Waals surface area contributed by atoms with E-state index < -0.39 is 6.43 Å². The van der Waals surface area contributed by atoms with Crippen LogP contribution < -0.4 is 5.73 Å². The van der Waals surface area contributed by atoms with Crippen LogP contribution >= 0.6 is 0 Å². The van der Waals surface area contributed by atoms with Crippen molar-refractivity contribution in [1.29, 1.82) is 0 Å². The van der Waals surface area contributed by atoms with Gasteiger partial charge in [-0.3, -0.25) is 0 Å². The summed E-state index contributed by atoms with van der Waals surface area (Å²) >= 11 is 0. The Bertz CT molecular complexity index is 561. The molecule has 96 valence electrons. The summed E-state index contributed by atoms with van der Waals surface area (Å²) in [6, 6.07) is 6.16. The Morgan fingerprint density at radius 1 is 1.39 bits per heavy atom. The highest BCUT2D eigenvalue weighted by Gasteiger charge is 2.14. The molecule has 0 aliphatic heterocycles. The molecule has 3 nitrogen and oxygen atoms in total. The standard InChI is InChI=1S/C13H15F2N3/c1-3-10-17-11(13(16)18(10)2)8-5-4-6-9(7-8)12(14)15/h4-7,12H,3,16H2,1-2H3. The molecule has 1 heterocycles. The fraction of sp³-hybridized carbons (Fsp3) is 0.308. The van der Waals surface area contributed by atoms with Crippen molar-refractivity contribution in [2.24, 2.45) is 7.05 Å². The van der Waals surface area contributed by atoms with Crippen molar-refractivity contribution in [1.82, 2.24) is 9.55 Å². The van der Waals surface area contributed by atoms with Crippen molar-refractivity contribution >= 4 is 5.82 Å². The number of rotatable bonds is 3. The molecule has 0 atom stereocenters. The number of hydrogen-bond acceptors (Lipinski definition) is 2. The van der Waals surface area contributed by atoms with Crippen LogP contribution in [0, 0.1) is 0 Å². The first-order chi connectivity index (χ1) is 8.54. The molecule has 0 radical (unpaired) electrons. The van der Waals surface area contributed by atoms with Crippen LogP contribution in [0.2, 0.25) is 0 Å². The second-order valence-corrected chi connectivity index (χ2v) is 4.10. The van der Waals surface area contributed by atoms with Crippen molar-refractivity contribution in [2.45, 2.75) is 19.8 Å². The first kappa shape index (κ1) is 12.5. The average molecular weight is 251 g/mol. The third-order valence-electron chi connectivity index (χ3n) is 2.96. The van der Waals surface area contributed by atoms with E-state index in [1.165, 1.54) is 12.1 Å². The average Bonchev–Trinajstić information content (AvgIpc) is 2.66. The Morgan fingerprint density at radius 2 is 2.11 bits per heavy atom. The van der Waals surface area contributed by atoms with Gasteiger partial charge in [-0.05, 0) is 6.07 Å². The number of nitrogen functional groups attached to an aromatic ring is 1. The zero-order valence-corrected chi connectivity index (χ0v) is 10.3. The second-order valence-electron chi connectivity index (χ2n) is 4.10. The van der Waals surface area contributed by atoms with Crippen LogP contribution in [0.4, 0.5) is 14.6 Å². The zero-order chi connectivity index (χ0) is 13.3. The molecule has 1 aromatic carbocycles. The first-order valence-electron chi connectivity index (χ1n) is 5.74. The van der Waals surface area contributed by atoms with E-state index in [0.29, 0.717) is 17.1 Å². The summed E-state index contributed by atoms with van der Waals surface area (Å²) in [5.41, 5.74) is 7.12. The van der Waals surface area contributed by atoms with Crippen LogP contribution in [0.5, 0.6) is 0 Å². The molecule has 0 amide bonds. The molecule has 2 N–H and O–H groups in total. The highest BCUT2D eigenvalue weighted by molar-refractivity contribution is 5.71. The van der Waals surface area contributed by atoms with Crippen molar-refractivity contribution in [3.05, 3.63) is 35.7 Å². The molecule has 0 aliphatic rings. The largest absolute Gasteiger partial charge is 0.383 e. The van der Waals surface area contributed by atoms with Gasteiger partial charge in [0.05, 0.1) is 0 Å². The SMILES string of the molecule is CCc1nc(-c2cccc(C(F)F)c2)c(N)n1C. The maximum absolute atomic E-state index is 12.7. The van der Waals surface area contributed by atoms with Crippen LogP contribution in [-0.4, -0.2) is 9.55 Å². The van der Waals surface area contributed by atoms with Crippen LogP contribution in [0.1, 0.15) is 24.7 Å². The number of alkyl halides is 2. The quantitative estimate of drug-likeness (QED) is 0.910. The van der Waals surface area contributed by atoms with E-state index in [0.717, 1.165) is 12.2 Å². The number of aryl methyl sites for hydroxylation is 1. The lowest BCUT2D eigenvalue weighted by Gasteiger charge is -2.03. The summed E-state index contributed by atoms with van der Waals surface area (Å²) in [6.07, 6.45) is -1.74. The van der Waals surface area contributed by atoms with E-state index in [1.54, 1.807) is 16.7 Å². The molecule has 0 unspecified atom stereocenters. The summed E-state index contributed by atoms with van der Waals surface area (Å²) in [5.74, 6) is 1.34. The molecule has 0 aliphatic carbocycles. The van der Waals surface area contributed by atoms with Gasteiger partial charge in [-0.2, -0.15) is 0 Å². The maximum atomic E-state index is 12.7. The van der Waals surface area contributed by atoms with E-state index in [2.05, 4.69) is 4.98 Å². The Hall–Kier alpha value is -1.91. The molecule has 0 bridgehead atoms. The number of benzene rings is 1. The summed E-state index contributed by atoms with van der Waals surface area (Å²) in [5, 5.41) is 0. The van der Waals surface area contributed by atoms with E-state index in [1.807, 2.05) is 14.0 Å². The van der Waals surface area contributed by atoms with Gasteiger partial charge in [0, 0.05) is 24.6 Å². The number of hydrogen-bond donors (Lipinski definition) is 1. The predicted octanol–water partition coefficient (Wildman–Crippen LogP) is 3.17. The van der Waals surface area contributed by atoms with E-state index >= 15 is 0 Å². The molecule has 5 heteroatoms. The Labute approximate surface area is 104 Å². The van der Waals surface area contributed by atoms with Crippen molar-refractivity contribution in [2.75, 3.05) is 5.73 Å². The van der Waals surface area contributed by atoms with Crippen LogP contribution in [0.3, 0.4) is 0 Å². The summed E-state index contributed by atoms with van der Waals surface area (Å²) < 4.78 is 27.1. The lowest BCUT2D eigenvalue weighted by Crippen LogP contribution is -2.00. The molecule has 0 spiro atoms. The Balaban J connectivity index is 2.52. The summed E-state index contributed by atoms with van der Waals surface area (Å²) in [7, 11) is 1.82. The van der Waals surface area contributed by atoms with Gasteiger partial charge >= 0.3 is 0 Å². The van der Waals surface area contributed by atoms with Gasteiger partial charge in [-0.25, -0.2) is 13.8 Å². The smallest absolute Gasteiger partial charge is 0.263 e. The minimum absolute atomic E-state index is 0.0180. The molecule has 0 saturated heterocycles. The number of anilines is 1. The fourth-order valence-electron chi connectivity index (χ4n) is 1.91. The topological polar surface area (TPSA) is 43.8 Å². The van der Waals surface area contributed by atoms with Crippen LogP contribution in [-0.2, 0) is 13.5 Å². The van der Waals surface area contributed by atoms with E-state index in [4.69, 9.17) is 5.73 Å². The molecule has 1 aromatic heterocycles. The van der Waals surface area contributed by atoms with E-state index in [9.17, 15) is 8.78 Å². The maximum Gasteiger partial charge on any atom is 0.263 e. The van der Waals surface area contributed by atoms with Gasteiger partial charge in [0.2, 0.25) is 0 Å². The van der Waals surface area contributed by atoms with Gasteiger partial charge in [-0.1, -0.05) is 25.1 Å². The molecule has 0 saturated carbocycles. The molecule has 0 fully saturated rings. The minimum atomic E-state index is -2.49. The van der Waals surface area contributed by atoms with Gasteiger partial charge in [0.25, 0.3) is 6.43 Å². The highest BCUT2D eigenvalue weighted by Crippen LogP contribution is 2.29. The summed E-state index contributed by atoms with van der Waals surface area (Å²) in [6.45, 7) is 1.97. The molecule has 2 aromatic rings. The lowest BCUT2D eigenvalue weighted by molar-refractivity contribution is 0.151. The molecule has 2 rings (SSSR count). The van der Waals surface area contributed by atoms with Crippen molar-refractivity contribution in [3.63, 3.8) is 0 Å². The van der Waals surface area contributed by atoms with Crippen LogP contribution in [0.25, 0.3) is 11.3 Å². The number of nitrogens with two attached hydrogens (primary N) is 1. The van der Waals surface area contributed by atoms with Crippen molar-refractivity contribution < 1.29 is 8.78 Å². The highest BCUT2D eigenvalue weighted by atomic mass is 19.3. The zero-order valence-electron chi connectivity index (χ0n) is 10.3. The summed E-state index contributed by atoms with van der Waals surface area (Å²) in [4.78, 5) is 4.39. The number of nitrogens with zero attached hydrogens (tertiary/aromatic N) is 2. The van der Waals surface area contributed by atoms with Crippen LogP contribution in [0.15, 0.2) is 24.3 Å². The molecular formula is C13H15F2N3. The van der Waals surface area contributed by atoms with Gasteiger partial charge < -0.3 is 10.3 Å². The third-order valence-corrected chi connectivity index (χ3v) is 2.96. The normalized spacial score (nSPS) is 11.2.